The van der Waals surface area contributed by atoms with Gasteiger partial charge in [-0.2, -0.15) is 113 Å². The molecule has 0 radical (unpaired) electrons. The zero-order valence-electron chi connectivity index (χ0n) is 39.9. The van der Waals surface area contributed by atoms with Crippen LogP contribution in [0.4, 0.5) is 0 Å². The second-order valence-corrected chi connectivity index (χ2v) is 22.1. The summed E-state index contributed by atoms with van der Waals surface area (Å²) in [5.74, 6) is 5.77. The van der Waals surface area contributed by atoms with E-state index in [0.717, 1.165) is 36.0 Å². The molecule has 0 aliphatic heterocycles. The molecule has 0 amide bonds. The van der Waals surface area contributed by atoms with Gasteiger partial charge in [0.05, 0.1) is 0 Å². The number of rotatable bonds is 1. The van der Waals surface area contributed by atoms with Crippen molar-refractivity contribution in [2.75, 3.05) is 0 Å². The van der Waals surface area contributed by atoms with Crippen molar-refractivity contribution in [3.63, 3.8) is 0 Å². The molecule has 6 aliphatic carbocycles. The van der Waals surface area contributed by atoms with Crippen LogP contribution in [-0.4, -0.2) is 4.21 Å². The molecule has 6 aliphatic rings. The van der Waals surface area contributed by atoms with Crippen LogP contribution in [-0.2, 0) is 52.3 Å². The predicted molar refractivity (Wildman–Crippen MR) is 266 cm³/mol. The van der Waals surface area contributed by atoms with Crippen LogP contribution in [0.3, 0.4) is 0 Å². The van der Waals surface area contributed by atoms with Crippen LogP contribution >= 0.6 is 24.8 Å². The fraction of sp³-hybridized carbons (Fsp3) is 0.500. The van der Waals surface area contributed by atoms with Gasteiger partial charge < -0.3 is 0 Å². The van der Waals surface area contributed by atoms with Gasteiger partial charge in [0, 0.05) is 0 Å². The monoisotopic (exact) mass is 932 g/mol. The Morgan fingerprint density at radius 1 is 0.557 bits per heavy atom. The van der Waals surface area contributed by atoms with E-state index >= 15 is 0 Å². The van der Waals surface area contributed by atoms with E-state index in [1.165, 1.54) is 94.4 Å². The Kier molecular flexibility index (Phi) is 19.2. The Morgan fingerprint density at radius 2 is 1.00 bits per heavy atom. The van der Waals surface area contributed by atoms with Crippen molar-refractivity contribution in [3.8, 4) is 11.1 Å². The summed E-state index contributed by atoms with van der Waals surface area (Å²) in [5.41, 5.74) is 13.7. The molecule has 0 aromatic heterocycles. The average Bonchev–Trinajstić information content (AvgIpc) is 3.78. The first-order chi connectivity index (χ1) is 27.7. The summed E-state index contributed by atoms with van der Waals surface area (Å²) in [6, 6.07) is 37.4. The third kappa shape index (κ3) is 14.1. The summed E-state index contributed by atoms with van der Waals surface area (Å²) in [6.07, 6.45) is 17.0. The molecule has 4 aromatic carbocycles. The Balaban J connectivity index is 0.000000221. The van der Waals surface area contributed by atoms with Gasteiger partial charge in [-0.15, -0.1) is 30.4 Å². The van der Waals surface area contributed by atoms with E-state index in [-0.39, 0.29) is 46.5 Å². The Bertz CT molecular complexity index is 1890. The van der Waals surface area contributed by atoms with Crippen molar-refractivity contribution >= 4 is 29.0 Å². The van der Waals surface area contributed by atoms with E-state index in [0.29, 0.717) is 5.92 Å². The molecule has 0 saturated heterocycles. The van der Waals surface area contributed by atoms with Crippen molar-refractivity contribution in [1.29, 1.82) is 0 Å². The number of halogens is 2. The molecule has 0 N–H and O–H groups in total. The van der Waals surface area contributed by atoms with Crippen molar-refractivity contribution in [2.24, 2.45) is 35.5 Å². The van der Waals surface area contributed by atoms with Crippen LogP contribution in [0.15, 0.2) is 96.6 Å². The van der Waals surface area contributed by atoms with E-state index in [2.05, 4.69) is 185 Å². The van der Waals surface area contributed by atoms with Crippen LogP contribution in [0.5, 0.6) is 0 Å². The first-order valence-corrected chi connectivity index (χ1v) is 24.2. The molecule has 3 heteroatoms. The molecule has 4 saturated carbocycles. The fourth-order valence-corrected chi connectivity index (χ4v) is 10.0. The number of hydrogen-bond acceptors (Lipinski definition) is 0. The Hall–Kier alpha value is -2.31. The third-order valence-corrected chi connectivity index (χ3v) is 13.3. The number of benzene rings is 4. The predicted octanol–water partition coefficient (Wildman–Crippen LogP) is 16.0. The molecule has 4 fully saturated rings. The quantitative estimate of drug-likeness (QED) is 0.147. The standard InChI is InChI=1S/C21H25.C16H21.2C10H13.CH2.2ClH.Zr/c1-20(2,3)16-9-7-14-11-15-8-10-17(21(4,5)6)13-19(15)18(14)12-16;1-10-2-3-13(4-10)16-14-6-11-5-12(8-14)9-15(16)7-11;2*1-10(2,3)9-7-5-4-6-8-9;;;;/h7,9-10,12-13H,11H2,1-6H3;3-4,10-12,14-16H,5-9H2,1H3;2*5-8H,1-3H3;1H2;2*1H;/q4*-1;;;;. The van der Waals surface area contributed by atoms with Gasteiger partial charge in [-0.25, -0.2) is 6.08 Å². The molecule has 10 rings (SSSR count). The maximum absolute atomic E-state index is 3.53. The maximum atomic E-state index is 3.53. The number of allylic oxidation sites excluding steroid dienone is 4. The van der Waals surface area contributed by atoms with Crippen LogP contribution < -0.4 is 0 Å². The molecule has 330 valence electrons. The summed E-state index contributed by atoms with van der Waals surface area (Å²) in [6.45, 7) is 29.2. The van der Waals surface area contributed by atoms with Crippen LogP contribution in [0.1, 0.15) is 155 Å². The molecular formula is C58H76Cl2Zr-4. The first-order valence-electron chi connectivity index (χ1n) is 22.4. The zero-order chi connectivity index (χ0) is 43.3. The minimum absolute atomic E-state index is 0. The van der Waals surface area contributed by atoms with E-state index in [1.807, 2.05) is 24.3 Å². The molecule has 0 spiro atoms. The molecule has 4 bridgehead atoms. The second kappa shape index (κ2) is 22.1. The second-order valence-electron chi connectivity index (χ2n) is 22.1. The molecule has 1 atom stereocenters. The van der Waals surface area contributed by atoms with E-state index in [9.17, 15) is 0 Å². The van der Waals surface area contributed by atoms with Crippen LogP contribution in [0, 0.1) is 59.8 Å². The van der Waals surface area contributed by atoms with Gasteiger partial charge in [0.2, 0.25) is 0 Å². The minimum atomic E-state index is 0. The van der Waals surface area contributed by atoms with Gasteiger partial charge in [0.15, 0.2) is 0 Å². The molecule has 4 aromatic rings. The van der Waals surface area contributed by atoms with Gasteiger partial charge in [0.1, 0.15) is 0 Å². The molecule has 0 nitrogen and oxygen atoms in total. The van der Waals surface area contributed by atoms with Crippen molar-refractivity contribution in [2.45, 2.75) is 150 Å². The Morgan fingerprint density at radius 3 is 1.39 bits per heavy atom. The van der Waals surface area contributed by atoms with Crippen LogP contribution in [0.2, 0.25) is 0 Å². The summed E-state index contributed by atoms with van der Waals surface area (Å²) in [5, 5.41) is 0. The molecule has 0 heterocycles. The zero-order valence-corrected chi connectivity index (χ0v) is 44.0. The number of hydrogen-bond donors (Lipinski definition) is 0. The molecule has 61 heavy (non-hydrogen) atoms. The average molecular weight is 935 g/mol. The molecular weight excluding hydrogens is 859 g/mol. The van der Waals surface area contributed by atoms with Crippen molar-refractivity contribution < 1.29 is 24.2 Å². The van der Waals surface area contributed by atoms with Crippen molar-refractivity contribution in [1.82, 2.24) is 0 Å². The van der Waals surface area contributed by atoms with Gasteiger partial charge in [-0.05, 0) is 84.0 Å². The van der Waals surface area contributed by atoms with Gasteiger partial charge >= 0.3 is 28.4 Å². The third-order valence-electron chi connectivity index (χ3n) is 13.3. The summed E-state index contributed by atoms with van der Waals surface area (Å²) < 4.78 is 3.34. The van der Waals surface area contributed by atoms with E-state index in [1.54, 1.807) is 12.0 Å². The summed E-state index contributed by atoms with van der Waals surface area (Å²) in [7, 11) is 0. The molecule has 1 unspecified atom stereocenters. The van der Waals surface area contributed by atoms with Crippen molar-refractivity contribution in [3.05, 3.63) is 154 Å². The van der Waals surface area contributed by atoms with Gasteiger partial charge in [-0.3, -0.25) is 6.08 Å². The SMILES string of the molecule is CC(C)(C)c1c[c-]c2c(c1)-c1cc(C(C)(C)C)ccc1C2.CC(C)(C)c1cc[c-]cc1.CC(C)(C)c1cc[c-]cc1.CC1[C-]=CC(C2C3CC4CC(C3)CC2C4)=C1.Cl.Cl.[CH2]=[Zr]. The van der Waals surface area contributed by atoms with E-state index in [4.69, 9.17) is 0 Å². The normalized spacial score (nSPS) is 22.7. The first kappa shape index (κ1) is 53.0. The Labute approximate surface area is 401 Å². The van der Waals surface area contributed by atoms with Gasteiger partial charge in [0.25, 0.3) is 0 Å². The summed E-state index contributed by atoms with van der Waals surface area (Å²) >= 11 is 1.30. The number of fused-ring (bicyclic) bond motifs is 3. The summed E-state index contributed by atoms with van der Waals surface area (Å²) in [4.78, 5) is 0. The fourth-order valence-electron chi connectivity index (χ4n) is 10.0. The van der Waals surface area contributed by atoms with Gasteiger partial charge in [-0.1, -0.05) is 137 Å². The van der Waals surface area contributed by atoms with Crippen LogP contribution in [0.25, 0.3) is 11.1 Å². The topological polar surface area (TPSA) is 0 Å². The van der Waals surface area contributed by atoms with E-state index < -0.39 is 0 Å².